The molecule has 1 amide bonds. The van der Waals surface area contributed by atoms with Crippen LogP contribution in [0.1, 0.15) is 59.7 Å². The van der Waals surface area contributed by atoms with E-state index in [-0.39, 0.29) is 28.8 Å². The number of aromatic nitrogens is 2. The first-order chi connectivity index (χ1) is 16.9. The lowest BCUT2D eigenvalue weighted by atomic mass is 9.98. The largest absolute Gasteiger partial charge is 0.456 e. The highest BCUT2D eigenvalue weighted by molar-refractivity contribution is 7.71. The van der Waals surface area contributed by atoms with Crippen LogP contribution in [-0.4, -0.2) is 38.0 Å². The van der Waals surface area contributed by atoms with E-state index in [2.05, 4.69) is 4.98 Å². The van der Waals surface area contributed by atoms with E-state index in [9.17, 15) is 14.4 Å². The molecule has 36 heavy (non-hydrogen) atoms. The van der Waals surface area contributed by atoms with Gasteiger partial charge in [0.2, 0.25) is 0 Å². The third-order valence-corrected chi connectivity index (χ3v) is 6.86. The molecular weight excluding hydrogens is 521 g/mol. The van der Waals surface area contributed by atoms with Crippen molar-refractivity contribution in [1.82, 2.24) is 14.5 Å². The topological polar surface area (TPSA) is 84.4 Å². The van der Waals surface area contributed by atoms with Crippen molar-refractivity contribution in [2.24, 2.45) is 0 Å². The van der Waals surface area contributed by atoms with Gasteiger partial charge in [-0.15, -0.1) is 0 Å². The lowest BCUT2D eigenvalue weighted by Gasteiger charge is -2.34. The molecule has 188 valence electrons. The molecule has 0 radical (unpaired) electrons. The Labute approximate surface area is 223 Å². The number of hydrogen-bond acceptors (Lipinski definition) is 5. The summed E-state index contributed by atoms with van der Waals surface area (Å²) >= 11 is 17.6. The summed E-state index contributed by atoms with van der Waals surface area (Å²) in [5.74, 6) is -0.662. The number of hydrogen-bond donors (Lipinski definition) is 1. The van der Waals surface area contributed by atoms with Crippen molar-refractivity contribution in [3.05, 3.63) is 90.0 Å². The molecule has 0 saturated carbocycles. The van der Waals surface area contributed by atoms with Crippen molar-refractivity contribution in [2.45, 2.75) is 52.3 Å². The monoisotopic (exact) mass is 545 g/mol. The number of halogens is 2. The lowest BCUT2D eigenvalue weighted by Crippen LogP contribution is -2.45. The Morgan fingerprint density at radius 3 is 2.31 bits per heavy atom. The Morgan fingerprint density at radius 2 is 1.69 bits per heavy atom. The number of nitrogens with one attached hydrogen (secondary N) is 1. The molecule has 0 fully saturated rings. The Kier molecular flexibility index (Phi) is 7.14. The minimum Gasteiger partial charge on any atom is -0.456 e. The fraction of sp³-hybridized carbons (Fsp3) is 0.308. The molecule has 0 unspecified atom stereocenters. The minimum absolute atomic E-state index is 0.195. The van der Waals surface area contributed by atoms with Crippen LogP contribution in [0.4, 0.5) is 0 Å². The Balaban J connectivity index is 1.64. The maximum absolute atomic E-state index is 13.5. The summed E-state index contributed by atoms with van der Waals surface area (Å²) in [5.41, 5.74) is 1.60. The number of esters is 1. The molecule has 1 atom stereocenters. The van der Waals surface area contributed by atoms with Gasteiger partial charge in [0.05, 0.1) is 27.8 Å². The third-order valence-electron chi connectivity index (χ3n) is 5.83. The summed E-state index contributed by atoms with van der Waals surface area (Å²) in [6, 6.07) is 11.0. The first kappa shape index (κ1) is 26.1. The smallest absolute Gasteiger partial charge is 0.338 e. The molecule has 4 rings (SSSR count). The van der Waals surface area contributed by atoms with Gasteiger partial charge >= 0.3 is 5.97 Å². The second-order valence-corrected chi connectivity index (χ2v) is 10.9. The first-order valence-corrected chi connectivity index (χ1v) is 12.5. The van der Waals surface area contributed by atoms with Gasteiger partial charge in [-0.25, -0.2) is 4.79 Å². The number of ether oxygens (including phenoxy) is 1. The maximum Gasteiger partial charge on any atom is 0.338 e. The number of carbonyl (C=O) groups is 2. The molecular formula is C26H25Cl2N3O4S. The van der Waals surface area contributed by atoms with Crippen molar-refractivity contribution < 1.29 is 14.3 Å². The summed E-state index contributed by atoms with van der Waals surface area (Å²) in [7, 11) is 0. The fourth-order valence-corrected chi connectivity index (χ4v) is 4.69. The summed E-state index contributed by atoms with van der Waals surface area (Å²) in [5, 5.41) is 0.668. The van der Waals surface area contributed by atoms with E-state index in [1.165, 1.54) is 10.6 Å². The summed E-state index contributed by atoms with van der Waals surface area (Å²) in [6.07, 6.45) is 0.351. The van der Waals surface area contributed by atoms with Crippen molar-refractivity contribution in [2.75, 3.05) is 0 Å². The van der Waals surface area contributed by atoms with Gasteiger partial charge in [-0.1, -0.05) is 23.2 Å². The first-order valence-electron chi connectivity index (χ1n) is 11.3. The molecule has 0 saturated heterocycles. The summed E-state index contributed by atoms with van der Waals surface area (Å²) in [6.45, 7) is 7.48. The predicted octanol–water partition coefficient (Wildman–Crippen LogP) is 5.74. The van der Waals surface area contributed by atoms with Crippen molar-refractivity contribution >= 4 is 47.3 Å². The molecule has 1 aromatic heterocycles. The van der Waals surface area contributed by atoms with Gasteiger partial charge in [-0.3, -0.25) is 14.2 Å². The van der Waals surface area contributed by atoms with Crippen LogP contribution in [0.2, 0.25) is 10.0 Å². The van der Waals surface area contributed by atoms with Crippen LogP contribution in [0.3, 0.4) is 0 Å². The molecule has 3 aromatic rings. The zero-order valence-corrected chi connectivity index (χ0v) is 22.6. The molecule has 2 aromatic carbocycles. The van der Waals surface area contributed by atoms with E-state index in [1.807, 2.05) is 6.92 Å². The van der Waals surface area contributed by atoms with E-state index in [4.69, 9.17) is 40.2 Å². The number of nitrogens with zero attached hydrogens (tertiary/aromatic N) is 2. The maximum atomic E-state index is 13.5. The SMILES string of the molecule is C[C@@H]1Cc2c([nH]c(=S)n(-c3ccc(C(=O)OC(C)(C)C)cc3)c2=O)CN1C(=O)c1ccc(Cl)c(Cl)c1. The quantitative estimate of drug-likeness (QED) is 0.335. The molecule has 10 heteroatoms. The van der Waals surface area contributed by atoms with Crippen LogP contribution < -0.4 is 5.56 Å². The third kappa shape index (κ3) is 5.26. The van der Waals surface area contributed by atoms with Gasteiger partial charge < -0.3 is 14.6 Å². The molecule has 0 bridgehead atoms. The standard InChI is InChI=1S/C26H25Cl2N3O4S/c1-14-11-18-21(13-30(14)22(32)16-7-10-19(27)20(28)12-16)29-25(36)31(23(18)33)17-8-5-15(6-9-17)24(34)35-26(2,3)4/h5-10,12,14H,11,13H2,1-4H3,(H,29,36)/t14-/m1/s1. The van der Waals surface area contributed by atoms with Gasteiger partial charge in [0, 0.05) is 22.9 Å². The molecule has 1 aliphatic rings. The zero-order valence-electron chi connectivity index (χ0n) is 20.2. The van der Waals surface area contributed by atoms with E-state index in [1.54, 1.807) is 62.1 Å². The van der Waals surface area contributed by atoms with Gasteiger partial charge in [0.1, 0.15) is 5.60 Å². The van der Waals surface area contributed by atoms with Crippen LogP contribution in [-0.2, 0) is 17.7 Å². The number of aromatic amines is 1. The van der Waals surface area contributed by atoms with E-state index < -0.39 is 11.6 Å². The van der Waals surface area contributed by atoms with Crippen LogP contribution in [0.15, 0.2) is 47.3 Å². The van der Waals surface area contributed by atoms with Gasteiger partial charge in [0.15, 0.2) is 4.77 Å². The van der Waals surface area contributed by atoms with Crippen LogP contribution in [0.5, 0.6) is 0 Å². The average Bonchev–Trinajstić information content (AvgIpc) is 2.80. The number of fused-ring (bicyclic) bond motifs is 1. The number of H-pyrrole nitrogens is 1. The van der Waals surface area contributed by atoms with Crippen molar-refractivity contribution in [1.29, 1.82) is 0 Å². The summed E-state index contributed by atoms with van der Waals surface area (Å²) in [4.78, 5) is 43.8. The van der Waals surface area contributed by atoms with Crippen molar-refractivity contribution in [3.8, 4) is 5.69 Å². The molecule has 7 nitrogen and oxygen atoms in total. The molecule has 0 aliphatic carbocycles. The Morgan fingerprint density at radius 1 is 1.06 bits per heavy atom. The highest BCUT2D eigenvalue weighted by Gasteiger charge is 2.31. The number of amides is 1. The van der Waals surface area contributed by atoms with Gasteiger partial charge in [-0.05, 0) is 88.8 Å². The van der Waals surface area contributed by atoms with E-state index in [0.29, 0.717) is 44.5 Å². The van der Waals surface area contributed by atoms with Crippen LogP contribution >= 0.6 is 35.4 Å². The van der Waals surface area contributed by atoms with Crippen LogP contribution in [0.25, 0.3) is 5.69 Å². The van der Waals surface area contributed by atoms with Gasteiger partial charge in [-0.2, -0.15) is 0 Å². The van der Waals surface area contributed by atoms with Crippen LogP contribution in [0, 0.1) is 4.77 Å². The Hall–Kier alpha value is -2.94. The predicted molar refractivity (Wildman–Crippen MR) is 142 cm³/mol. The van der Waals surface area contributed by atoms with Crippen molar-refractivity contribution in [3.63, 3.8) is 0 Å². The minimum atomic E-state index is -0.611. The second kappa shape index (κ2) is 9.84. The lowest BCUT2D eigenvalue weighted by molar-refractivity contribution is 0.00694. The fourth-order valence-electron chi connectivity index (χ4n) is 4.08. The average molecular weight is 546 g/mol. The molecule has 1 N–H and O–H groups in total. The molecule has 1 aliphatic heterocycles. The Bertz CT molecular complexity index is 1470. The summed E-state index contributed by atoms with van der Waals surface area (Å²) < 4.78 is 6.99. The highest BCUT2D eigenvalue weighted by atomic mass is 35.5. The highest BCUT2D eigenvalue weighted by Crippen LogP contribution is 2.26. The normalized spacial score (nSPS) is 15.4. The number of rotatable bonds is 3. The molecule has 2 heterocycles. The van der Waals surface area contributed by atoms with Gasteiger partial charge in [0.25, 0.3) is 11.5 Å². The second-order valence-electron chi connectivity index (χ2n) is 9.69. The number of benzene rings is 2. The molecule has 0 spiro atoms. The number of carbonyl (C=O) groups excluding carboxylic acids is 2. The van der Waals surface area contributed by atoms with E-state index in [0.717, 1.165) is 0 Å². The zero-order chi connectivity index (χ0) is 26.4. The van der Waals surface area contributed by atoms with E-state index >= 15 is 0 Å².